The van der Waals surface area contributed by atoms with Crippen molar-refractivity contribution in [2.45, 2.75) is 18.9 Å². The smallest absolute Gasteiger partial charge is 0.322 e. The second kappa shape index (κ2) is 7.26. The number of para-hydroxylation sites is 2. The molecule has 0 fully saturated rings. The number of carbonyl (C=O) groups excluding carboxylic acids is 1. The minimum Gasteiger partial charge on any atom is -0.485 e. The predicted octanol–water partition coefficient (Wildman–Crippen LogP) is 3.15. The van der Waals surface area contributed by atoms with Crippen molar-refractivity contribution in [3.05, 3.63) is 66.1 Å². The van der Waals surface area contributed by atoms with E-state index in [1.54, 1.807) is 0 Å². The lowest BCUT2D eigenvalue weighted by Crippen LogP contribution is -2.21. The zero-order chi connectivity index (χ0) is 17.8. The molecule has 0 aliphatic carbocycles. The van der Waals surface area contributed by atoms with Crippen molar-refractivity contribution in [2.75, 3.05) is 11.9 Å². The molecule has 2 aromatic carbocycles. The minimum absolute atomic E-state index is 0.0560. The van der Waals surface area contributed by atoms with Gasteiger partial charge in [0.15, 0.2) is 11.5 Å². The molecule has 0 bridgehead atoms. The van der Waals surface area contributed by atoms with Crippen LogP contribution in [0.15, 0.2) is 59.0 Å². The zero-order valence-corrected chi connectivity index (χ0v) is 13.9. The first kappa shape index (κ1) is 16.1. The van der Waals surface area contributed by atoms with Gasteiger partial charge < -0.3 is 13.9 Å². The first-order valence-corrected chi connectivity index (χ1v) is 8.33. The largest absolute Gasteiger partial charge is 0.485 e. The summed E-state index contributed by atoms with van der Waals surface area (Å²) in [5.74, 6) is 1.38. The van der Waals surface area contributed by atoms with Crippen LogP contribution in [0.4, 0.5) is 6.01 Å². The highest BCUT2D eigenvalue weighted by molar-refractivity contribution is 5.88. The third-order valence-corrected chi connectivity index (χ3v) is 3.95. The highest BCUT2D eigenvalue weighted by Gasteiger charge is 2.27. The number of rotatable bonds is 5. The summed E-state index contributed by atoms with van der Waals surface area (Å²) < 4.78 is 16.9. The van der Waals surface area contributed by atoms with Gasteiger partial charge in [0.2, 0.25) is 12.0 Å². The molecule has 26 heavy (non-hydrogen) atoms. The summed E-state index contributed by atoms with van der Waals surface area (Å²) in [6.07, 6.45) is 0.467. The fraction of sp³-hybridized carbons (Fsp3) is 0.211. The van der Waals surface area contributed by atoms with Crippen LogP contribution in [0.25, 0.3) is 0 Å². The van der Waals surface area contributed by atoms with Crippen molar-refractivity contribution >= 4 is 11.9 Å². The molecular weight excluding hydrogens is 334 g/mol. The number of benzene rings is 2. The van der Waals surface area contributed by atoms with Crippen LogP contribution >= 0.6 is 0 Å². The fourth-order valence-electron chi connectivity index (χ4n) is 2.64. The molecular formula is C19H17N3O4. The Morgan fingerprint density at radius 2 is 1.81 bits per heavy atom. The second-order valence-electron chi connectivity index (χ2n) is 5.84. The van der Waals surface area contributed by atoms with Crippen LogP contribution in [0, 0.1) is 0 Å². The quantitative estimate of drug-likeness (QED) is 0.760. The second-order valence-corrected chi connectivity index (χ2v) is 5.84. The van der Waals surface area contributed by atoms with E-state index in [0.717, 1.165) is 5.56 Å². The topological polar surface area (TPSA) is 86.5 Å². The van der Waals surface area contributed by atoms with Crippen molar-refractivity contribution in [1.29, 1.82) is 0 Å². The maximum absolute atomic E-state index is 12.0. The number of ether oxygens (including phenoxy) is 2. The van der Waals surface area contributed by atoms with E-state index in [4.69, 9.17) is 13.9 Å². The molecule has 1 aliphatic rings. The van der Waals surface area contributed by atoms with E-state index in [1.807, 2.05) is 54.6 Å². The standard InChI is InChI=1S/C19H17N3O4/c23-17(11-10-13-6-2-1-3-7-13)20-19-22-21-18(26-19)16-12-24-14-8-4-5-9-15(14)25-16/h1-9,16H,10-12H2,(H,20,22,23). The average Bonchev–Trinajstić information content (AvgIpc) is 3.15. The monoisotopic (exact) mass is 351 g/mol. The maximum atomic E-state index is 12.0. The normalized spacial score (nSPS) is 15.5. The van der Waals surface area contributed by atoms with Gasteiger partial charge in [-0.05, 0) is 24.1 Å². The van der Waals surface area contributed by atoms with Crippen LogP contribution in [-0.2, 0) is 11.2 Å². The van der Waals surface area contributed by atoms with Gasteiger partial charge in [-0.25, -0.2) is 0 Å². The molecule has 0 saturated heterocycles. The number of aryl methyl sites for hydroxylation is 1. The van der Waals surface area contributed by atoms with Crippen molar-refractivity contribution in [3.8, 4) is 11.5 Å². The van der Waals surface area contributed by atoms with E-state index in [1.165, 1.54) is 0 Å². The number of nitrogens with one attached hydrogen (secondary N) is 1. The Balaban J connectivity index is 1.34. The highest BCUT2D eigenvalue weighted by atomic mass is 16.6. The molecule has 0 radical (unpaired) electrons. The van der Waals surface area contributed by atoms with Crippen molar-refractivity contribution in [1.82, 2.24) is 10.2 Å². The van der Waals surface area contributed by atoms with Crippen LogP contribution < -0.4 is 14.8 Å². The number of nitrogens with zero attached hydrogens (tertiary/aromatic N) is 2. The Bertz CT molecular complexity index is 895. The van der Waals surface area contributed by atoms with Crippen LogP contribution in [0.1, 0.15) is 24.0 Å². The molecule has 7 heteroatoms. The van der Waals surface area contributed by atoms with Crippen LogP contribution in [0.3, 0.4) is 0 Å². The van der Waals surface area contributed by atoms with E-state index < -0.39 is 6.10 Å². The lowest BCUT2D eigenvalue weighted by atomic mass is 10.1. The summed E-state index contributed by atoms with van der Waals surface area (Å²) in [4.78, 5) is 12.0. The molecule has 132 valence electrons. The Morgan fingerprint density at radius 1 is 1.04 bits per heavy atom. The molecule has 1 N–H and O–H groups in total. The summed E-state index contributed by atoms with van der Waals surface area (Å²) in [5.41, 5.74) is 1.10. The maximum Gasteiger partial charge on any atom is 0.322 e. The SMILES string of the molecule is O=C(CCc1ccccc1)Nc1nnc(C2COc3ccccc3O2)o1. The van der Waals surface area contributed by atoms with Crippen LogP contribution in [0.2, 0.25) is 0 Å². The molecule has 0 saturated carbocycles. The summed E-state index contributed by atoms with van der Waals surface area (Å²) in [7, 11) is 0. The van der Waals surface area contributed by atoms with E-state index >= 15 is 0 Å². The van der Waals surface area contributed by atoms with Crippen LogP contribution in [-0.4, -0.2) is 22.7 Å². The molecule has 1 atom stereocenters. The number of hydrogen-bond donors (Lipinski definition) is 1. The predicted molar refractivity (Wildman–Crippen MR) is 93.0 cm³/mol. The van der Waals surface area contributed by atoms with E-state index in [0.29, 0.717) is 24.3 Å². The number of hydrogen-bond acceptors (Lipinski definition) is 6. The van der Waals surface area contributed by atoms with Crippen molar-refractivity contribution in [2.24, 2.45) is 0 Å². The summed E-state index contributed by atoms with van der Waals surface area (Å²) in [5, 5.41) is 10.4. The number of aromatic nitrogens is 2. The highest BCUT2D eigenvalue weighted by Crippen LogP contribution is 2.35. The Hall–Kier alpha value is -3.35. The third kappa shape index (κ3) is 3.66. The fourth-order valence-corrected chi connectivity index (χ4v) is 2.64. The van der Waals surface area contributed by atoms with E-state index in [-0.39, 0.29) is 24.4 Å². The van der Waals surface area contributed by atoms with Gasteiger partial charge in [-0.2, -0.15) is 0 Å². The molecule has 4 rings (SSSR count). The molecule has 7 nitrogen and oxygen atoms in total. The lowest BCUT2D eigenvalue weighted by Gasteiger charge is -2.23. The van der Waals surface area contributed by atoms with E-state index in [9.17, 15) is 4.79 Å². The van der Waals surface area contributed by atoms with Crippen LogP contribution in [0.5, 0.6) is 11.5 Å². The first-order valence-electron chi connectivity index (χ1n) is 8.33. The molecule has 1 aliphatic heterocycles. The number of carbonyl (C=O) groups is 1. The molecule has 1 aromatic heterocycles. The number of anilines is 1. The van der Waals surface area contributed by atoms with Gasteiger partial charge in [0.1, 0.15) is 6.61 Å². The van der Waals surface area contributed by atoms with Gasteiger partial charge in [0.25, 0.3) is 5.89 Å². The van der Waals surface area contributed by atoms with E-state index in [2.05, 4.69) is 15.5 Å². The number of fused-ring (bicyclic) bond motifs is 1. The molecule has 1 unspecified atom stereocenters. The average molecular weight is 351 g/mol. The van der Waals surface area contributed by atoms with Gasteiger partial charge >= 0.3 is 6.01 Å². The van der Waals surface area contributed by atoms with Gasteiger partial charge in [0.05, 0.1) is 0 Å². The van der Waals surface area contributed by atoms with Gasteiger partial charge in [-0.15, -0.1) is 5.10 Å². The van der Waals surface area contributed by atoms with Crippen molar-refractivity contribution < 1.29 is 18.7 Å². The summed E-state index contributed by atoms with van der Waals surface area (Å²) in [6, 6.07) is 17.2. The minimum atomic E-state index is -0.507. The summed E-state index contributed by atoms with van der Waals surface area (Å²) >= 11 is 0. The van der Waals surface area contributed by atoms with Crippen molar-refractivity contribution in [3.63, 3.8) is 0 Å². The lowest BCUT2D eigenvalue weighted by molar-refractivity contribution is -0.116. The number of amides is 1. The zero-order valence-electron chi connectivity index (χ0n) is 13.9. The molecule has 3 aromatic rings. The first-order chi connectivity index (χ1) is 12.8. The Kier molecular flexibility index (Phi) is 4.51. The molecule has 1 amide bonds. The Morgan fingerprint density at radius 3 is 2.65 bits per heavy atom. The summed E-state index contributed by atoms with van der Waals surface area (Å²) in [6.45, 7) is 0.264. The van der Waals surface area contributed by atoms with Gasteiger partial charge in [-0.3, -0.25) is 10.1 Å². The van der Waals surface area contributed by atoms with Gasteiger partial charge in [0, 0.05) is 6.42 Å². The Labute approximate surface area is 150 Å². The van der Waals surface area contributed by atoms with Gasteiger partial charge in [-0.1, -0.05) is 47.6 Å². The molecule has 0 spiro atoms. The molecule has 2 heterocycles. The third-order valence-electron chi connectivity index (χ3n) is 3.95.